The molecular weight excluding hydrogens is 314 g/mol. The molecule has 1 fully saturated rings. The Hall–Kier alpha value is -2.63. The van der Waals surface area contributed by atoms with E-state index in [1.807, 2.05) is 24.4 Å². The maximum absolute atomic E-state index is 5.41. The summed E-state index contributed by atoms with van der Waals surface area (Å²) in [5, 5.41) is 8.88. The van der Waals surface area contributed by atoms with E-state index in [2.05, 4.69) is 50.5 Å². The number of piperidine rings is 1. The molecule has 6 heteroatoms. The monoisotopic (exact) mass is 337 g/mol. The summed E-state index contributed by atoms with van der Waals surface area (Å²) in [5.41, 5.74) is 2.98. The molecule has 3 heterocycles. The van der Waals surface area contributed by atoms with Gasteiger partial charge in [0.25, 0.3) is 5.88 Å². The normalized spacial score (nSPS) is 17.0. The molecule has 25 heavy (non-hydrogen) atoms. The van der Waals surface area contributed by atoms with E-state index in [-0.39, 0.29) is 5.41 Å². The minimum Gasteiger partial charge on any atom is -0.478 e. The average molecular weight is 337 g/mol. The molecule has 0 aliphatic carbocycles. The SMILES string of the molecule is COc1ncc(-c2ccccc2)n2c(N3CCCC(C)(C)C3)nnc12. The topological polar surface area (TPSA) is 55.6 Å². The number of ether oxygens (including phenoxy) is 1. The van der Waals surface area contributed by atoms with Crippen LogP contribution in [-0.2, 0) is 0 Å². The Morgan fingerprint density at radius 1 is 1.12 bits per heavy atom. The quantitative estimate of drug-likeness (QED) is 0.733. The average Bonchev–Trinajstić information content (AvgIpc) is 3.06. The zero-order chi connectivity index (χ0) is 17.4. The van der Waals surface area contributed by atoms with E-state index in [1.54, 1.807) is 7.11 Å². The Morgan fingerprint density at radius 3 is 2.64 bits per heavy atom. The molecule has 0 unspecified atom stereocenters. The van der Waals surface area contributed by atoms with Crippen LogP contribution in [0.2, 0.25) is 0 Å². The van der Waals surface area contributed by atoms with Gasteiger partial charge in [-0.15, -0.1) is 10.2 Å². The van der Waals surface area contributed by atoms with E-state index < -0.39 is 0 Å². The predicted molar refractivity (Wildman–Crippen MR) is 98.0 cm³/mol. The van der Waals surface area contributed by atoms with Gasteiger partial charge in [0.05, 0.1) is 19.0 Å². The molecule has 0 radical (unpaired) electrons. The first-order valence-corrected chi connectivity index (χ1v) is 8.67. The number of nitrogens with zero attached hydrogens (tertiary/aromatic N) is 5. The fourth-order valence-electron chi connectivity index (χ4n) is 3.63. The van der Waals surface area contributed by atoms with Crippen LogP contribution in [0.15, 0.2) is 36.5 Å². The summed E-state index contributed by atoms with van der Waals surface area (Å²) in [6.07, 6.45) is 4.23. The zero-order valence-electron chi connectivity index (χ0n) is 14.9. The van der Waals surface area contributed by atoms with Gasteiger partial charge in [-0.3, -0.25) is 4.40 Å². The van der Waals surface area contributed by atoms with Gasteiger partial charge in [0.2, 0.25) is 11.6 Å². The first-order chi connectivity index (χ1) is 12.1. The highest BCUT2D eigenvalue weighted by molar-refractivity contribution is 5.67. The molecule has 1 aromatic carbocycles. The molecule has 0 saturated carbocycles. The van der Waals surface area contributed by atoms with Crippen molar-refractivity contribution < 1.29 is 4.74 Å². The van der Waals surface area contributed by atoms with Crippen LogP contribution in [0.1, 0.15) is 26.7 Å². The molecule has 1 saturated heterocycles. The minimum atomic E-state index is 0.272. The van der Waals surface area contributed by atoms with Crippen molar-refractivity contribution in [1.82, 2.24) is 19.6 Å². The summed E-state index contributed by atoms with van der Waals surface area (Å²) in [7, 11) is 1.61. The Morgan fingerprint density at radius 2 is 1.92 bits per heavy atom. The lowest BCUT2D eigenvalue weighted by atomic mass is 9.84. The number of rotatable bonds is 3. The van der Waals surface area contributed by atoms with E-state index in [4.69, 9.17) is 4.74 Å². The van der Waals surface area contributed by atoms with Gasteiger partial charge in [0, 0.05) is 18.7 Å². The highest BCUT2D eigenvalue weighted by atomic mass is 16.5. The molecular formula is C19H23N5O. The molecule has 4 rings (SSSR count). The molecule has 0 atom stereocenters. The Bertz CT molecular complexity index is 887. The van der Waals surface area contributed by atoms with E-state index in [0.717, 1.165) is 36.7 Å². The van der Waals surface area contributed by atoms with E-state index in [9.17, 15) is 0 Å². The number of aromatic nitrogens is 4. The van der Waals surface area contributed by atoms with Gasteiger partial charge in [0.1, 0.15) is 0 Å². The van der Waals surface area contributed by atoms with Gasteiger partial charge in [-0.1, -0.05) is 44.2 Å². The lowest BCUT2D eigenvalue weighted by Gasteiger charge is -2.38. The van der Waals surface area contributed by atoms with E-state index in [0.29, 0.717) is 11.5 Å². The van der Waals surface area contributed by atoms with Crippen LogP contribution in [0.3, 0.4) is 0 Å². The van der Waals surface area contributed by atoms with Crippen LogP contribution in [-0.4, -0.2) is 39.8 Å². The second-order valence-electron chi connectivity index (χ2n) is 7.37. The van der Waals surface area contributed by atoms with Crippen molar-refractivity contribution >= 4 is 11.6 Å². The standard InChI is InChI=1S/C19H23N5O/c1-19(2)10-7-11-23(13-19)18-22-21-16-17(25-3)20-12-15(24(16)18)14-8-5-4-6-9-14/h4-6,8-9,12H,7,10-11,13H2,1-3H3. The van der Waals surface area contributed by atoms with Crippen LogP contribution >= 0.6 is 0 Å². The maximum atomic E-state index is 5.41. The number of hydrogen-bond acceptors (Lipinski definition) is 5. The lowest BCUT2D eigenvalue weighted by molar-refractivity contribution is 0.290. The zero-order valence-corrected chi connectivity index (χ0v) is 14.9. The van der Waals surface area contributed by atoms with Crippen molar-refractivity contribution in [1.29, 1.82) is 0 Å². The third-order valence-electron chi connectivity index (χ3n) is 4.83. The highest BCUT2D eigenvalue weighted by Crippen LogP contribution is 2.33. The number of anilines is 1. The first-order valence-electron chi connectivity index (χ1n) is 8.67. The molecule has 130 valence electrons. The summed E-state index contributed by atoms with van der Waals surface area (Å²) in [6, 6.07) is 10.2. The Balaban J connectivity index is 1.91. The van der Waals surface area contributed by atoms with Gasteiger partial charge in [-0.2, -0.15) is 0 Å². The number of hydrogen-bond donors (Lipinski definition) is 0. The fraction of sp³-hybridized carbons (Fsp3) is 0.421. The first kappa shape index (κ1) is 15.9. The Kier molecular flexibility index (Phi) is 3.82. The third kappa shape index (κ3) is 2.81. The molecule has 1 aliphatic heterocycles. The molecule has 3 aromatic rings. The molecule has 0 spiro atoms. The van der Waals surface area contributed by atoms with Crippen LogP contribution in [0.5, 0.6) is 5.88 Å². The molecule has 0 bridgehead atoms. The van der Waals surface area contributed by atoms with E-state index in [1.165, 1.54) is 6.42 Å². The number of methoxy groups -OCH3 is 1. The van der Waals surface area contributed by atoms with Gasteiger partial charge >= 0.3 is 0 Å². The fourth-order valence-corrected chi connectivity index (χ4v) is 3.63. The second-order valence-corrected chi connectivity index (χ2v) is 7.37. The summed E-state index contributed by atoms with van der Waals surface area (Å²) in [4.78, 5) is 6.75. The molecule has 2 aromatic heterocycles. The van der Waals surface area contributed by atoms with Crippen molar-refractivity contribution in [3.8, 4) is 17.1 Å². The third-order valence-corrected chi connectivity index (χ3v) is 4.83. The maximum Gasteiger partial charge on any atom is 0.260 e. The minimum absolute atomic E-state index is 0.272. The largest absolute Gasteiger partial charge is 0.478 e. The molecule has 0 amide bonds. The van der Waals surface area contributed by atoms with Gasteiger partial charge in [0.15, 0.2) is 0 Å². The van der Waals surface area contributed by atoms with Crippen LogP contribution in [0, 0.1) is 5.41 Å². The van der Waals surface area contributed by atoms with Gasteiger partial charge < -0.3 is 9.64 Å². The van der Waals surface area contributed by atoms with Gasteiger partial charge in [-0.25, -0.2) is 4.98 Å². The van der Waals surface area contributed by atoms with Crippen LogP contribution in [0.4, 0.5) is 5.95 Å². The van der Waals surface area contributed by atoms with Crippen LogP contribution in [0.25, 0.3) is 16.9 Å². The van der Waals surface area contributed by atoms with Crippen molar-refractivity contribution in [3.05, 3.63) is 36.5 Å². The summed E-state index contributed by atoms with van der Waals surface area (Å²) in [6.45, 7) is 6.57. The van der Waals surface area contributed by atoms with Crippen molar-refractivity contribution in [2.24, 2.45) is 5.41 Å². The lowest BCUT2D eigenvalue weighted by Crippen LogP contribution is -2.41. The highest BCUT2D eigenvalue weighted by Gasteiger charge is 2.30. The number of benzene rings is 1. The van der Waals surface area contributed by atoms with Crippen molar-refractivity contribution in [3.63, 3.8) is 0 Å². The molecule has 6 nitrogen and oxygen atoms in total. The molecule has 1 aliphatic rings. The number of fused-ring (bicyclic) bond motifs is 1. The summed E-state index contributed by atoms with van der Waals surface area (Å²) < 4.78 is 7.48. The molecule has 0 N–H and O–H groups in total. The van der Waals surface area contributed by atoms with E-state index >= 15 is 0 Å². The predicted octanol–water partition coefficient (Wildman–Crippen LogP) is 3.43. The Labute approximate surface area is 147 Å². The van der Waals surface area contributed by atoms with Gasteiger partial charge in [-0.05, 0) is 18.3 Å². The van der Waals surface area contributed by atoms with Crippen LogP contribution < -0.4 is 9.64 Å². The van der Waals surface area contributed by atoms with Crippen molar-refractivity contribution in [2.45, 2.75) is 26.7 Å². The second kappa shape index (κ2) is 6.02. The smallest absolute Gasteiger partial charge is 0.260 e. The van der Waals surface area contributed by atoms with Crippen molar-refractivity contribution in [2.75, 3.05) is 25.1 Å². The summed E-state index contributed by atoms with van der Waals surface area (Å²) in [5.74, 6) is 1.36. The summed E-state index contributed by atoms with van der Waals surface area (Å²) >= 11 is 0.